The van der Waals surface area contributed by atoms with E-state index in [1.165, 1.54) is 11.8 Å². The molecule has 0 aliphatic rings. The van der Waals surface area contributed by atoms with E-state index in [0.29, 0.717) is 11.0 Å². The van der Waals surface area contributed by atoms with E-state index in [-0.39, 0.29) is 16.7 Å². The first-order valence-corrected chi connectivity index (χ1v) is 8.62. The summed E-state index contributed by atoms with van der Waals surface area (Å²) in [4.78, 5) is 12.2. The molecule has 0 aliphatic carbocycles. The minimum atomic E-state index is -0.266. The molecule has 0 radical (unpaired) electrons. The third-order valence-electron chi connectivity index (χ3n) is 3.33. The van der Waals surface area contributed by atoms with Gasteiger partial charge < -0.3 is 14.6 Å². The van der Waals surface area contributed by atoms with Gasteiger partial charge >= 0.3 is 0 Å². The summed E-state index contributed by atoms with van der Waals surface area (Å²) < 4.78 is 7.26. The Hall–Kier alpha value is -2.02. The van der Waals surface area contributed by atoms with E-state index < -0.39 is 0 Å². The lowest BCUT2D eigenvalue weighted by molar-refractivity contribution is -0.121. The number of thioether (sulfide) groups is 1. The lowest BCUT2D eigenvalue weighted by Crippen LogP contribution is -2.44. The molecule has 130 valence electrons. The zero-order chi connectivity index (χ0) is 17.9. The number of amides is 1. The summed E-state index contributed by atoms with van der Waals surface area (Å²) in [7, 11) is 3.52. The van der Waals surface area contributed by atoms with E-state index in [4.69, 9.17) is 4.74 Å². The summed E-state index contributed by atoms with van der Waals surface area (Å²) >= 11 is 1.38. The molecule has 2 rings (SSSR count). The highest BCUT2D eigenvalue weighted by atomic mass is 32.2. The van der Waals surface area contributed by atoms with Crippen molar-refractivity contribution in [3.8, 4) is 17.1 Å². The number of nitrogens with one attached hydrogen (secondary N) is 1. The van der Waals surface area contributed by atoms with Gasteiger partial charge in [-0.3, -0.25) is 4.79 Å². The van der Waals surface area contributed by atoms with Gasteiger partial charge in [-0.2, -0.15) is 0 Å². The first kappa shape index (κ1) is 18.3. The Balaban J connectivity index is 2.20. The summed E-state index contributed by atoms with van der Waals surface area (Å²) in [6, 6.07) is 7.66. The van der Waals surface area contributed by atoms with Crippen LogP contribution in [0.2, 0.25) is 0 Å². The Morgan fingerprint density at radius 1 is 1.29 bits per heavy atom. The Kier molecular flexibility index (Phi) is 5.54. The molecule has 1 N–H and O–H groups in total. The zero-order valence-electron chi connectivity index (χ0n) is 15.0. The average molecular weight is 348 g/mol. The van der Waals surface area contributed by atoms with Crippen molar-refractivity contribution in [3.05, 3.63) is 24.3 Å². The summed E-state index contributed by atoms with van der Waals surface area (Å²) in [5.41, 5.74) is 0.614. The summed E-state index contributed by atoms with van der Waals surface area (Å²) in [5.74, 6) is 1.43. The number of para-hydroxylation sites is 1. The SMILES string of the molecule is COc1ccccc1-c1nnc(SC(C)C(=O)NC(C)(C)C)n1C. The second kappa shape index (κ2) is 7.25. The molecule has 1 unspecified atom stereocenters. The number of rotatable bonds is 5. The van der Waals surface area contributed by atoms with Gasteiger partial charge in [0.15, 0.2) is 11.0 Å². The molecule has 7 heteroatoms. The molecular weight excluding hydrogens is 324 g/mol. The van der Waals surface area contributed by atoms with Crippen LogP contribution in [0.4, 0.5) is 0 Å². The van der Waals surface area contributed by atoms with Crippen LogP contribution in [-0.2, 0) is 11.8 Å². The Labute approximate surface area is 147 Å². The highest BCUT2D eigenvalue weighted by molar-refractivity contribution is 8.00. The second-order valence-corrected chi connectivity index (χ2v) is 7.87. The molecule has 0 bridgehead atoms. The first-order valence-electron chi connectivity index (χ1n) is 7.74. The number of methoxy groups -OCH3 is 1. The third kappa shape index (κ3) is 4.29. The molecule has 0 fully saturated rings. The molecular formula is C17H24N4O2S. The molecule has 1 amide bonds. The third-order valence-corrected chi connectivity index (χ3v) is 4.47. The highest BCUT2D eigenvalue weighted by Crippen LogP contribution is 2.31. The molecule has 0 saturated carbocycles. The fourth-order valence-electron chi connectivity index (χ4n) is 2.16. The van der Waals surface area contributed by atoms with E-state index in [0.717, 1.165) is 11.3 Å². The van der Waals surface area contributed by atoms with E-state index in [2.05, 4.69) is 15.5 Å². The standard InChI is InChI=1S/C17H24N4O2S/c1-11(15(22)18-17(2,3)4)24-16-20-19-14(21(16)5)12-9-7-8-10-13(12)23-6/h7-11H,1-6H3,(H,18,22). The van der Waals surface area contributed by atoms with Gasteiger partial charge in [0.1, 0.15) is 5.75 Å². The summed E-state index contributed by atoms with van der Waals surface area (Å²) in [5, 5.41) is 11.9. The van der Waals surface area contributed by atoms with Crippen LogP contribution in [-0.4, -0.2) is 38.6 Å². The molecule has 2 aromatic rings. The maximum absolute atomic E-state index is 12.2. The van der Waals surface area contributed by atoms with Crippen molar-refractivity contribution in [2.24, 2.45) is 7.05 Å². The highest BCUT2D eigenvalue weighted by Gasteiger charge is 2.23. The van der Waals surface area contributed by atoms with Crippen LogP contribution < -0.4 is 10.1 Å². The number of aromatic nitrogens is 3. The smallest absolute Gasteiger partial charge is 0.233 e. The minimum Gasteiger partial charge on any atom is -0.496 e. The fourth-order valence-corrected chi connectivity index (χ4v) is 2.98. The van der Waals surface area contributed by atoms with Crippen molar-refractivity contribution in [2.75, 3.05) is 7.11 Å². The molecule has 0 aliphatic heterocycles. The van der Waals surface area contributed by atoms with Gasteiger partial charge in [-0.1, -0.05) is 23.9 Å². The topological polar surface area (TPSA) is 69.0 Å². The number of carbonyl (C=O) groups excluding carboxylic acids is 1. The van der Waals surface area contributed by atoms with Crippen molar-refractivity contribution in [3.63, 3.8) is 0 Å². The predicted molar refractivity (Wildman–Crippen MR) is 96.2 cm³/mol. The number of carbonyl (C=O) groups is 1. The van der Waals surface area contributed by atoms with Crippen LogP contribution >= 0.6 is 11.8 Å². The summed E-state index contributed by atoms with van der Waals surface area (Å²) in [6.07, 6.45) is 0. The Morgan fingerprint density at radius 2 is 1.96 bits per heavy atom. The van der Waals surface area contributed by atoms with Gasteiger partial charge in [-0.05, 0) is 39.8 Å². The van der Waals surface area contributed by atoms with Crippen molar-refractivity contribution < 1.29 is 9.53 Å². The molecule has 6 nitrogen and oxygen atoms in total. The maximum Gasteiger partial charge on any atom is 0.233 e. The van der Waals surface area contributed by atoms with Gasteiger partial charge in [0.25, 0.3) is 0 Å². The average Bonchev–Trinajstić information content (AvgIpc) is 2.86. The lowest BCUT2D eigenvalue weighted by atomic mass is 10.1. The van der Waals surface area contributed by atoms with Crippen molar-refractivity contribution in [1.82, 2.24) is 20.1 Å². The molecule has 0 saturated heterocycles. The van der Waals surface area contributed by atoms with Crippen LogP contribution in [0.25, 0.3) is 11.4 Å². The largest absolute Gasteiger partial charge is 0.496 e. The van der Waals surface area contributed by atoms with Crippen LogP contribution in [0.15, 0.2) is 29.4 Å². The summed E-state index contributed by atoms with van der Waals surface area (Å²) in [6.45, 7) is 7.75. The van der Waals surface area contributed by atoms with Gasteiger partial charge in [0.2, 0.25) is 5.91 Å². The lowest BCUT2D eigenvalue weighted by Gasteiger charge is -2.22. The van der Waals surface area contributed by atoms with Gasteiger partial charge in [-0.25, -0.2) is 0 Å². The molecule has 1 heterocycles. The quantitative estimate of drug-likeness (QED) is 0.842. The predicted octanol–water partition coefficient (Wildman–Crippen LogP) is 2.89. The molecule has 1 atom stereocenters. The number of ether oxygens (including phenoxy) is 1. The Morgan fingerprint density at radius 3 is 2.58 bits per heavy atom. The van der Waals surface area contributed by atoms with Crippen molar-refractivity contribution >= 4 is 17.7 Å². The van der Waals surface area contributed by atoms with Crippen molar-refractivity contribution in [1.29, 1.82) is 0 Å². The van der Waals surface area contributed by atoms with Crippen molar-refractivity contribution in [2.45, 2.75) is 43.6 Å². The van der Waals surface area contributed by atoms with Crippen LogP contribution in [0.1, 0.15) is 27.7 Å². The normalized spacial score (nSPS) is 12.8. The molecule has 1 aromatic heterocycles. The van der Waals surface area contributed by atoms with Gasteiger partial charge in [-0.15, -0.1) is 10.2 Å². The number of benzene rings is 1. The van der Waals surface area contributed by atoms with E-state index in [1.807, 2.05) is 63.6 Å². The number of nitrogens with zero attached hydrogens (tertiary/aromatic N) is 3. The van der Waals surface area contributed by atoms with Crippen LogP contribution in [0.3, 0.4) is 0 Å². The zero-order valence-corrected chi connectivity index (χ0v) is 15.8. The molecule has 24 heavy (non-hydrogen) atoms. The molecule has 1 aromatic carbocycles. The Bertz CT molecular complexity index is 722. The second-order valence-electron chi connectivity index (χ2n) is 6.56. The van der Waals surface area contributed by atoms with Crippen LogP contribution in [0.5, 0.6) is 5.75 Å². The van der Waals surface area contributed by atoms with Gasteiger partial charge in [0, 0.05) is 12.6 Å². The first-order chi connectivity index (χ1) is 11.2. The fraction of sp³-hybridized carbons (Fsp3) is 0.471. The van der Waals surface area contributed by atoms with E-state index in [1.54, 1.807) is 7.11 Å². The number of hydrogen-bond acceptors (Lipinski definition) is 5. The number of hydrogen-bond donors (Lipinski definition) is 1. The van der Waals surface area contributed by atoms with E-state index in [9.17, 15) is 4.79 Å². The maximum atomic E-state index is 12.2. The minimum absolute atomic E-state index is 0.0191. The molecule has 0 spiro atoms. The van der Waals surface area contributed by atoms with Gasteiger partial charge in [0.05, 0.1) is 17.9 Å². The van der Waals surface area contributed by atoms with E-state index >= 15 is 0 Å². The monoisotopic (exact) mass is 348 g/mol. The van der Waals surface area contributed by atoms with Crippen LogP contribution in [0, 0.1) is 0 Å².